The summed E-state index contributed by atoms with van der Waals surface area (Å²) in [7, 11) is 1.73. The van der Waals surface area contributed by atoms with Gasteiger partial charge in [-0.3, -0.25) is 33.8 Å². The minimum Gasteiger partial charge on any atom is -0.447 e. The number of hydrogen-bond acceptors (Lipinski definition) is 21. The average molecular weight is 1790 g/mol. The molecule has 6 N–H and O–H groups in total. The summed E-state index contributed by atoms with van der Waals surface area (Å²) in [6.45, 7) is 19.8. The highest BCUT2D eigenvalue weighted by atomic mass is 35.5. The Morgan fingerprint density at radius 3 is 1.20 bits per heavy atom. The van der Waals surface area contributed by atoms with Crippen molar-refractivity contribution in [1.29, 1.82) is 0 Å². The molecule has 0 radical (unpaired) electrons. The van der Waals surface area contributed by atoms with Gasteiger partial charge in [0.05, 0.1) is 68.7 Å². The maximum absolute atomic E-state index is 15.0. The predicted octanol–water partition coefficient (Wildman–Crippen LogP) is 17.3. The molecule has 2 aliphatic carbocycles. The second kappa shape index (κ2) is 36.1. The van der Waals surface area contributed by atoms with E-state index in [9.17, 15) is 28.0 Å². The number of nitrogens with zero attached hydrogens (tertiary/aromatic N) is 22. The Morgan fingerprint density at radius 2 is 0.859 bits per heavy atom. The summed E-state index contributed by atoms with van der Waals surface area (Å²) in [6.07, 6.45) is 25.2. The van der Waals surface area contributed by atoms with E-state index in [-0.39, 0.29) is 70.5 Å². The first-order chi connectivity index (χ1) is 61.0. The van der Waals surface area contributed by atoms with Crippen LogP contribution >= 0.6 is 34.8 Å². The van der Waals surface area contributed by atoms with Crippen molar-refractivity contribution in [1.82, 2.24) is 93.4 Å². The van der Waals surface area contributed by atoms with Crippen LogP contribution in [0.5, 0.6) is 0 Å². The maximum atomic E-state index is 15.0. The molecule has 2 saturated carbocycles. The van der Waals surface area contributed by atoms with Crippen LogP contribution in [0.1, 0.15) is 198 Å². The van der Waals surface area contributed by atoms with Gasteiger partial charge in [-0.15, -0.1) is 0 Å². The number of amides is 4. The number of halogens is 5. The van der Waals surface area contributed by atoms with Crippen LogP contribution in [-0.2, 0) is 35.7 Å². The van der Waals surface area contributed by atoms with Crippen molar-refractivity contribution in [2.75, 3.05) is 13.7 Å². The lowest BCUT2D eigenvalue weighted by Gasteiger charge is -2.35. The van der Waals surface area contributed by atoms with E-state index in [0.29, 0.717) is 103 Å². The van der Waals surface area contributed by atoms with E-state index >= 15 is 0 Å². The quantitative estimate of drug-likeness (QED) is 0.0478. The van der Waals surface area contributed by atoms with Gasteiger partial charge >= 0.3 is 12.6 Å². The molecular weight excluding hydrogens is 1690 g/mol. The third-order valence-electron chi connectivity index (χ3n) is 23.2. The van der Waals surface area contributed by atoms with E-state index in [2.05, 4.69) is 98.2 Å². The van der Waals surface area contributed by atoms with E-state index in [1.807, 2.05) is 130 Å². The second-order valence-corrected chi connectivity index (χ2v) is 37.6. The molecule has 0 saturated heterocycles. The Balaban J connectivity index is 0.000000149. The van der Waals surface area contributed by atoms with Crippen LogP contribution < -0.4 is 17.2 Å². The van der Waals surface area contributed by atoms with E-state index < -0.39 is 41.3 Å². The van der Waals surface area contributed by atoms with Crippen molar-refractivity contribution in [3.8, 4) is 50.7 Å². The molecule has 664 valence electrons. The number of aromatic nitrogens is 15. The Hall–Kier alpha value is -12.9. The van der Waals surface area contributed by atoms with Crippen LogP contribution in [0.3, 0.4) is 0 Å². The van der Waals surface area contributed by atoms with Crippen LogP contribution in [0.15, 0.2) is 224 Å². The van der Waals surface area contributed by atoms with Gasteiger partial charge in [-0.1, -0.05) is 202 Å². The molecule has 12 aromatic rings. The molecule has 3 aliphatic heterocycles. The van der Waals surface area contributed by atoms with Crippen molar-refractivity contribution >= 4 is 76.5 Å². The fourth-order valence-electron chi connectivity index (χ4n) is 17.1. The van der Waals surface area contributed by atoms with Crippen LogP contribution in [-0.4, -0.2) is 155 Å². The Kier molecular flexibility index (Phi) is 25.3. The second-order valence-electron chi connectivity index (χ2n) is 36.4. The van der Waals surface area contributed by atoms with Crippen molar-refractivity contribution in [3.63, 3.8) is 0 Å². The largest absolute Gasteiger partial charge is 0.447 e. The molecule has 0 bridgehead atoms. The Bertz CT molecular complexity index is 6100. The number of benzene rings is 6. The van der Waals surface area contributed by atoms with Gasteiger partial charge in [0.15, 0.2) is 40.3 Å². The van der Waals surface area contributed by atoms with Crippen molar-refractivity contribution in [2.45, 2.75) is 187 Å². The van der Waals surface area contributed by atoms with Crippen LogP contribution in [0.25, 0.3) is 50.7 Å². The molecule has 2 fully saturated rings. The predicted molar refractivity (Wildman–Crippen MR) is 485 cm³/mol. The molecule has 35 heteroatoms. The average Bonchev–Trinajstić information content (AvgIpc) is 1.59. The van der Waals surface area contributed by atoms with E-state index in [1.165, 1.54) is 42.6 Å². The number of hydrogen-bond donors (Lipinski definition) is 3. The normalized spacial score (nSPS) is 19.0. The molecule has 30 nitrogen and oxygen atoms in total. The highest BCUT2D eigenvalue weighted by Crippen LogP contribution is 2.51. The first kappa shape index (κ1) is 89.9. The van der Waals surface area contributed by atoms with Gasteiger partial charge in [-0.2, -0.15) is 34.3 Å². The van der Waals surface area contributed by atoms with Crippen molar-refractivity contribution in [3.05, 3.63) is 257 Å². The summed E-state index contributed by atoms with van der Waals surface area (Å²) in [5.74, 6) is 0.323. The maximum Gasteiger partial charge on any atom is 0.409 e. The van der Waals surface area contributed by atoms with Crippen LogP contribution in [0.2, 0.25) is 15.1 Å². The molecule has 0 spiro atoms. The molecule has 128 heavy (non-hydrogen) atoms. The number of carbonyl (C=O) groups excluding carboxylic acids is 4. The number of carbonyl (C=O) groups is 4. The van der Waals surface area contributed by atoms with Gasteiger partial charge in [0.1, 0.15) is 44.6 Å². The molecule has 9 heterocycles. The van der Waals surface area contributed by atoms with Crippen LogP contribution in [0, 0.1) is 16.2 Å². The van der Waals surface area contributed by atoms with Gasteiger partial charge in [-0.25, -0.2) is 63.4 Å². The first-order valence-corrected chi connectivity index (χ1v) is 43.5. The molecule has 5 aliphatic rings. The van der Waals surface area contributed by atoms with Crippen LogP contribution in [0.4, 0.5) is 13.6 Å². The van der Waals surface area contributed by atoms with Gasteiger partial charge in [0, 0.05) is 54.6 Å². The third-order valence-corrected chi connectivity index (χ3v) is 24.1. The SMILES string of the molecule is CC[C@H](c1ccc(Cl)c(-n2cncn2)c1)N1C(=O)[C@@](CC(C)(C)C)(c2ccc(-c3cnn(C(F)F)c3)cc2)N=C1N.CC[C@H](c1ccc(Cl)c(-n2cncn2)c1)N1C(=O)[C@@](CC(C)(C)C)(c2ccc(-c3ncccn3)cc2)N=C1N.CN(C(=O)OC[C@H](c1ccc(Cl)c(-n2cncn2)c1)N1C(=O)[C@@](CC(C)(C)C)(c2ccc(-c3cnn(C4CC4)c3)cc2)N=C1N)C1CC1. The number of alkyl halides is 2. The summed E-state index contributed by atoms with van der Waals surface area (Å²) in [5, 5.41) is 22.4. The summed E-state index contributed by atoms with van der Waals surface area (Å²) in [5.41, 5.74) is 25.9. The lowest BCUT2D eigenvalue weighted by atomic mass is 9.75. The molecule has 4 amide bonds. The zero-order chi connectivity index (χ0) is 91.1. The summed E-state index contributed by atoms with van der Waals surface area (Å²) in [6, 6.07) is 40.2. The third kappa shape index (κ3) is 18.8. The van der Waals surface area contributed by atoms with E-state index in [1.54, 1.807) is 109 Å². The van der Waals surface area contributed by atoms with Gasteiger partial charge < -0.3 is 26.8 Å². The number of aliphatic imine (C=N–C) groups is 3. The minimum absolute atomic E-state index is 0.0490. The molecule has 17 rings (SSSR count). The number of guanidine groups is 3. The van der Waals surface area contributed by atoms with Crippen molar-refractivity contribution < 1.29 is 32.7 Å². The molecule has 0 unspecified atom stereocenters. The molecule has 6 aromatic heterocycles. The van der Waals surface area contributed by atoms with Gasteiger partial charge in [0.25, 0.3) is 17.7 Å². The topological polar surface area (TPSA) is 359 Å². The van der Waals surface area contributed by atoms with Crippen molar-refractivity contribution in [2.24, 2.45) is 48.4 Å². The number of nitrogens with two attached hydrogens (primary N) is 3. The zero-order valence-electron chi connectivity index (χ0n) is 73.2. The smallest absolute Gasteiger partial charge is 0.409 e. The summed E-state index contributed by atoms with van der Waals surface area (Å²) < 4.78 is 39.3. The van der Waals surface area contributed by atoms with E-state index in [0.717, 1.165) is 64.6 Å². The standard InChI is InChI=1S/C35H40ClN9O3.C29H31ClF2N8O.C29H31ClN8O/c1-34(2,3)19-35(25-8-5-22(6-9-25)24-16-39-43(17-24)27-12-13-27)31(46)45(32(37)41-35)30(18-48-33(47)42(4)26-10-11-26)23-7-14-28(36)29(15-23)44-21-38-20-40-44;1-5-23(19-8-11-22(30)24(12-19)39-17-34-16-36-39)40-25(41)29(37-27(40)33,15-28(2,3)4)21-9-6-18(7-10-21)20-13-35-38(14-20)26(31)32;1-5-23(20-9-12-22(30)24(15-20)37-18-32-17-35-37)38-26(39)29(36-27(38)31,16-28(2,3)4)21-10-7-19(8-11-21)25-33-13-6-14-34-25/h5-9,14-17,20-21,26-27,30H,10-13,18-19H2,1-4H3,(H2,37,41);6-14,16-17,23,26H,5,15H2,1-4H3,(H2,33,37);6-15,17-18,23H,5,16H2,1-4H3,(H2,31,36)/t30-,35-;2*23-,29-/m111/s1. The zero-order valence-corrected chi connectivity index (χ0v) is 75.4. The highest BCUT2D eigenvalue weighted by Gasteiger charge is 2.56. The van der Waals surface area contributed by atoms with Gasteiger partial charge in [0.2, 0.25) is 0 Å². The Labute approximate surface area is 755 Å². The lowest BCUT2D eigenvalue weighted by Crippen LogP contribution is -2.47. The number of ether oxygens (including phenoxy) is 1. The fourth-order valence-corrected chi connectivity index (χ4v) is 17.7. The molecular formula is C93H102Cl3F2N25O5. The Morgan fingerprint density at radius 1 is 0.492 bits per heavy atom. The van der Waals surface area contributed by atoms with E-state index in [4.69, 9.17) is 71.7 Å². The fraction of sp³-hybridized carbons (Fsp3) is 0.366. The minimum atomic E-state index is -2.73. The lowest BCUT2D eigenvalue weighted by molar-refractivity contribution is -0.135. The summed E-state index contributed by atoms with van der Waals surface area (Å²) in [4.78, 5) is 98.8. The first-order valence-electron chi connectivity index (χ1n) is 42.4. The molecule has 6 aromatic carbocycles. The van der Waals surface area contributed by atoms with Gasteiger partial charge in [-0.05, 0) is 161 Å². The summed E-state index contributed by atoms with van der Waals surface area (Å²) >= 11 is 19.5. The monoisotopic (exact) mass is 1790 g/mol. The molecule has 6 atom stereocenters. The highest BCUT2D eigenvalue weighted by molar-refractivity contribution is 6.33. The number of rotatable bonds is 25.